The number of aromatic nitrogens is 2. The molecule has 0 radical (unpaired) electrons. The van der Waals surface area contributed by atoms with Gasteiger partial charge in [0.1, 0.15) is 4.60 Å². The Morgan fingerprint density at radius 2 is 2.31 bits per heavy atom. The number of anilines is 1. The van der Waals surface area contributed by atoms with Crippen LogP contribution in [0.15, 0.2) is 17.0 Å². The second-order valence-corrected chi connectivity index (χ2v) is 3.31. The summed E-state index contributed by atoms with van der Waals surface area (Å²) in [5, 5.41) is 2.51. The Bertz CT molecular complexity index is 298. The maximum atomic E-state index is 11.1. The van der Waals surface area contributed by atoms with E-state index in [1.54, 1.807) is 6.92 Å². The Morgan fingerprint density at radius 3 is 2.77 bits per heavy atom. The number of nitrogens with two attached hydrogens (primary N) is 1. The van der Waals surface area contributed by atoms with E-state index in [2.05, 4.69) is 31.2 Å². The highest BCUT2D eigenvalue weighted by Crippen LogP contribution is 2.05. The summed E-state index contributed by atoms with van der Waals surface area (Å²) in [4.78, 5) is 18.9. The molecule has 0 aliphatic heterocycles. The molecule has 0 aliphatic rings. The van der Waals surface area contributed by atoms with Crippen LogP contribution in [0.1, 0.15) is 6.92 Å². The molecule has 5 nitrogen and oxygen atoms in total. The minimum atomic E-state index is -0.551. The highest BCUT2D eigenvalue weighted by molar-refractivity contribution is 9.10. The topological polar surface area (TPSA) is 80.9 Å². The molecule has 3 N–H and O–H groups in total. The average Bonchev–Trinajstić information content (AvgIpc) is 2.08. The third-order valence-corrected chi connectivity index (χ3v) is 1.69. The highest BCUT2D eigenvalue weighted by Gasteiger charge is 2.07. The van der Waals surface area contributed by atoms with Crippen LogP contribution in [0, 0.1) is 0 Å². The van der Waals surface area contributed by atoms with Gasteiger partial charge in [-0.25, -0.2) is 9.97 Å². The zero-order valence-corrected chi connectivity index (χ0v) is 8.58. The van der Waals surface area contributed by atoms with Gasteiger partial charge in [0.2, 0.25) is 5.91 Å². The Morgan fingerprint density at radius 1 is 1.62 bits per heavy atom. The first-order chi connectivity index (χ1) is 6.09. The van der Waals surface area contributed by atoms with Gasteiger partial charge < -0.3 is 11.1 Å². The van der Waals surface area contributed by atoms with E-state index >= 15 is 0 Å². The zero-order valence-electron chi connectivity index (χ0n) is 6.99. The number of amides is 1. The van der Waals surface area contributed by atoms with Crippen LogP contribution in [0.3, 0.4) is 0 Å². The third kappa shape index (κ3) is 3.08. The quantitative estimate of drug-likeness (QED) is 0.796. The van der Waals surface area contributed by atoms with Crippen LogP contribution >= 0.6 is 15.9 Å². The minimum absolute atomic E-state index is 0.281. The van der Waals surface area contributed by atoms with Crippen LogP contribution in [-0.4, -0.2) is 21.9 Å². The van der Waals surface area contributed by atoms with Gasteiger partial charge in [0.15, 0.2) is 5.82 Å². The van der Waals surface area contributed by atoms with Crippen LogP contribution in [0.25, 0.3) is 0 Å². The molecule has 1 atom stereocenters. The predicted octanol–water partition coefficient (Wildman–Crippen LogP) is 0.525. The molecule has 1 aromatic heterocycles. The van der Waals surface area contributed by atoms with E-state index in [0.29, 0.717) is 10.4 Å². The van der Waals surface area contributed by atoms with Crippen molar-refractivity contribution >= 4 is 27.7 Å². The fraction of sp³-hybridized carbons (Fsp3) is 0.286. The minimum Gasteiger partial charge on any atom is -0.320 e. The summed E-state index contributed by atoms with van der Waals surface area (Å²) in [6, 6.07) is -0.551. The Hall–Kier alpha value is -1.01. The molecule has 0 aromatic carbocycles. The number of carbonyl (C=O) groups is 1. The molecule has 1 amide bonds. The molecule has 0 aliphatic carbocycles. The van der Waals surface area contributed by atoms with Gasteiger partial charge in [-0.05, 0) is 22.9 Å². The lowest BCUT2D eigenvalue weighted by Gasteiger charge is -2.05. The maximum Gasteiger partial charge on any atom is 0.242 e. The van der Waals surface area contributed by atoms with Crippen LogP contribution in [-0.2, 0) is 4.79 Å². The third-order valence-electron chi connectivity index (χ3n) is 1.29. The van der Waals surface area contributed by atoms with Gasteiger partial charge in [-0.3, -0.25) is 4.79 Å². The van der Waals surface area contributed by atoms with E-state index in [9.17, 15) is 4.79 Å². The van der Waals surface area contributed by atoms with Crippen LogP contribution in [0.5, 0.6) is 0 Å². The fourth-order valence-electron chi connectivity index (χ4n) is 0.617. The van der Waals surface area contributed by atoms with E-state index in [0.717, 1.165) is 0 Å². The molecule has 1 heterocycles. The first-order valence-electron chi connectivity index (χ1n) is 3.63. The monoisotopic (exact) mass is 244 g/mol. The summed E-state index contributed by atoms with van der Waals surface area (Å²) >= 11 is 3.13. The summed E-state index contributed by atoms with van der Waals surface area (Å²) in [5.41, 5.74) is 5.34. The summed E-state index contributed by atoms with van der Waals surface area (Å²) in [5.74, 6) is 0.113. The summed E-state index contributed by atoms with van der Waals surface area (Å²) in [6.07, 6.45) is 2.95. The van der Waals surface area contributed by atoms with E-state index in [4.69, 9.17) is 5.73 Å². The standard InChI is InChI=1S/C7H9BrN4O/c1-4(9)7(13)12-6-3-10-5(8)2-11-6/h2-4H,9H2,1H3,(H,11,12,13). The molecule has 0 spiro atoms. The van der Waals surface area contributed by atoms with Gasteiger partial charge in [0.05, 0.1) is 18.4 Å². The second kappa shape index (κ2) is 4.29. The van der Waals surface area contributed by atoms with Crippen molar-refractivity contribution in [2.45, 2.75) is 13.0 Å². The summed E-state index contributed by atoms with van der Waals surface area (Å²) < 4.78 is 0.617. The molecule has 1 aromatic rings. The molecule has 0 saturated heterocycles. The van der Waals surface area contributed by atoms with Crippen molar-refractivity contribution in [3.63, 3.8) is 0 Å². The number of nitrogens with one attached hydrogen (secondary N) is 1. The number of carbonyl (C=O) groups excluding carboxylic acids is 1. The lowest BCUT2D eigenvalue weighted by molar-refractivity contribution is -0.117. The number of nitrogens with zero attached hydrogens (tertiary/aromatic N) is 2. The van der Waals surface area contributed by atoms with Crippen LogP contribution < -0.4 is 11.1 Å². The highest BCUT2D eigenvalue weighted by atomic mass is 79.9. The summed E-state index contributed by atoms with van der Waals surface area (Å²) in [7, 11) is 0. The Balaban J connectivity index is 2.65. The lowest BCUT2D eigenvalue weighted by Crippen LogP contribution is -2.32. The molecule has 0 saturated carbocycles. The van der Waals surface area contributed by atoms with E-state index in [1.165, 1.54) is 12.4 Å². The molecular weight excluding hydrogens is 236 g/mol. The molecule has 1 unspecified atom stereocenters. The van der Waals surface area contributed by atoms with Crippen LogP contribution in [0.4, 0.5) is 5.82 Å². The molecule has 13 heavy (non-hydrogen) atoms. The van der Waals surface area contributed by atoms with Crippen LogP contribution in [0.2, 0.25) is 0 Å². The Kier molecular flexibility index (Phi) is 3.32. The van der Waals surface area contributed by atoms with E-state index in [-0.39, 0.29) is 5.91 Å². The zero-order chi connectivity index (χ0) is 9.84. The smallest absolute Gasteiger partial charge is 0.242 e. The first kappa shape index (κ1) is 10.1. The maximum absolute atomic E-state index is 11.1. The van der Waals surface area contributed by atoms with Gasteiger partial charge in [-0.1, -0.05) is 0 Å². The van der Waals surface area contributed by atoms with Gasteiger partial charge in [-0.15, -0.1) is 0 Å². The van der Waals surface area contributed by atoms with E-state index < -0.39 is 6.04 Å². The van der Waals surface area contributed by atoms with Crippen molar-refractivity contribution in [2.75, 3.05) is 5.32 Å². The van der Waals surface area contributed by atoms with Crippen molar-refractivity contribution in [1.82, 2.24) is 9.97 Å². The molecule has 1 rings (SSSR count). The number of rotatable bonds is 2. The fourth-order valence-corrected chi connectivity index (χ4v) is 0.822. The molecular formula is C7H9BrN4O. The number of hydrogen-bond acceptors (Lipinski definition) is 4. The number of halogens is 1. The molecule has 6 heteroatoms. The van der Waals surface area contributed by atoms with Crippen molar-refractivity contribution in [3.8, 4) is 0 Å². The summed E-state index contributed by atoms with van der Waals surface area (Å²) in [6.45, 7) is 1.60. The van der Waals surface area contributed by atoms with Crippen molar-refractivity contribution in [2.24, 2.45) is 5.73 Å². The van der Waals surface area contributed by atoms with Gasteiger partial charge in [0.25, 0.3) is 0 Å². The lowest BCUT2D eigenvalue weighted by atomic mass is 10.3. The molecule has 70 valence electrons. The van der Waals surface area contributed by atoms with Gasteiger partial charge in [-0.2, -0.15) is 0 Å². The second-order valence-electron chi connectivity index (χ2n) is 2.50. The van der Waals surface area contributed by atoms with Crippen molar-refractivity contribution in [1.29, 1.82) is 0 Å². The van der Waals surface area contributed by atoms with E-state index in [1.807, 2.05) is 0 Å². The predicted molar refractivity (Wildman–Crippen MR) is 52.0 cm³/mol. The van der Waals surface area contributed by atoms with Gasteiger partial charge >= 0.3 is 0 Å². The first-order valence-corrected chi connectivity index (χ1v) is 4.43. The number of hydrogen-bond donors (Lipinski definition) is 2. The van der Waals surface area contributed by atoms with Crippen molar-refractivity contribution < 1.29 is 4.79 Å². The van der Waals surface area contributed by atoms with Crippen molar-refractivity contribution in [3.05, 3.63) is 17.0 Å². The normalized spacial score (nSPS) is 12.2. The molecule has 0 bridgehead atoms. The SMILES string of the molecule is CC(N)C(=O)Nc1cnc(Br)cn1. The average molecular weight is 245 g/mol. The van der Waals surface area contributed by atoms with Gasteiger partial charge in [0, 0.05) is 0 Å². The largest absolute Gasteiger partial charge is 0.320 e. The molecule has 0 fully saturated rings. The Labute approximate surface area is 83.9 Å².